The molecule has 0 radical (unpaired) electrons. The van der Waals surface area contributed by atoms with E-state index in [0.717, 1.165) is 18.2 Å². The molecule has 1 aromatic rings. The summed E-state index contributed by atoms with van der Waals surface area (Å²) in [6.07, 6.45) is 4.29. The fraction of sp³-hybridized carbons (Fsp3) is 0.231. The van der Waals surface area contributed by atoms with Gasteiger partial charge >= 0.3 is 0 Å². The van der Waals surface area contributed by atoms with Gasteiger partial charge in [-0.05, 0) is 13.0 Å². The third-order valence-corrected chi connectivity index (χ3v) is 3.08. The summed E-state index contributed by atoms with van der Waals surface area (Å²) >= 11 is 0. The normalized spacial score (nSPS) is 22.6. The van der Waals surface area contributed by atoms with E-state index in [1.165, 1.54) is 12.2 Å². The van der Waals surface area contributed by atoms with Crippen LogP contribution in [0.15, 0.2) is 42.1 Å². The molecule has 2 atom stereocenters. The van der Waals surface area contributed by atoms with E-state index in [-0.39, 0.29) is 17.1 Å². The Balaban J connectivity index is 0.000000231. The Morgan fingerprint density at radius 3 is 2.30 bits per heavy atom. The molecule has 10 heteroatoms. The average molecular weight is 325 g/mol. The largest absolute Gasteiger partial charge is 0.396 e. The highest BCUT2D eigenvalue weighted by Crippen LogP contribution is 2.18. The predicted molar refractivity (Wildman–Crippen MR) is 82.3 cm³/mol. The molecule has 0 aliphatic heterocycles. The number of rotatable bonds is 2. The number of benzene rings is 1. The van der Waals surface area contributed by atoms with Crippen LogP contribution in [0.3, 0.4) is 0 Å². The van der Waals surface area contributed by atoms with Crippen molar-refractivity contribution in [3.05, 3.63) is 68.2 Å². The molecule has 0 fully saturated rings. The number of halogens is 1. The number of allylic oxidation sites excluding steroid dienone is 1. The number of nitrogens with zero attached hydrogens (tertiary/aromatic N) is 2. The van der Waals surface area contributed by atoms with Gasteiger partial charge in [0.1, 0.15) is 5.82 Å². The Morgan fingerprint density at radius 1 is 1.26 bits per heavy atom. The monoisotopic (exact) mass is 325 g/mol. The summed E-state index contributed by atoms with van der Waals surface area (Å²) in [5, 5.41) is 20.4. The lowest BCUT2D eigenvalue weighted by Crippen LogP contribution is -2.51. The first-order valence-corrected chi connectivity index (χ1v) is 6.34. The van der Waals surface area contributed by atoms with Gasteiger partial charge in [-0.3, -0.25) is 20.2 Å². The minimum Gasteiger partial charge on any atom is -0.396 e. The lowest BCUT2D eigenvalue weighted by Gasteiger charge is -2.27. The molecule has 1 aliphatic rings. The second kappa shape index (κ2) is 6.94. The lowest BCUT2D eigenvalue weighted by atomic mass is 9.89. The van der Waals surface area contributed by atoms with Crippen molar-refractivity contribution in [1.29, 1.82) is 0 Å². The predicted octanol–water partition coefficient (Wildman–Crippen LogP) is 1.08. The third-order valence-electron chi connectivity index (χ3n) is 3.08. The number of nitro benzene ring substituents is 1. The van der Waals surface area contributed by atoms with Crippen molar-refractivity contribution in [2.75, 3.05) is 5.73 Å². The summed E-state index contributed by atoms with van der Waals surface area (Å²) in [5.41, 5.74) is 15.3. The Bertz CT molecular complexity index is 687. The van der Waals surface area contributed by atoms with Crippen LogP contribution in [-0.2, 0) is 0 Å². The number of hydrogen-bond donors (Lipinski definition) is 3. The van der Waals surface area contributed by atoms with Crippen molar-refractivity contribution in [2.24, 2.45) is 11.5 Å². The molecule has 1 aromatic carbocycles. The summed E-state index contributed by atoms with van der Waals surface area (Å²) in [5.74, 6) is -0.643. The van der Waals surface area contributed by atoms with Gasteiger partial charge in [-0.1, -0.05) is 6.08 Å². The van der Waals surface area contributed by atoms with Crippen LogP contribution in [0.5, 0.6) is 0 Å². The van der Waals surface area contributed by atoms with E-state index in [0.29, 0.717) is 0 Å². The van der Waals surface area contributed by atoms with Crippen LogP contribution < -0.4 is 17.2 Å². The van der Waals surface area contributed by atoms with Crippen molar-refractivity contribution in [2.45, 2.75) is 18.5 Å². The SMILES string of the molecule is CC1(N)C=CC([N+](=O)[O-])=CC1N.Nc1cc([N+](=O)[O-])ccc1F. The number of hydrogen-bond acceptors (Lipinski definition) is 7. The van der Waals surface area contributed by atoms with Gasteiger partial charge in [0.05, 0.1) is 27.1 Å². The van der Waals surface area contributed by atoms with E-state index < -0.39 is 27.2 Å². The van der Waals surface area contributed by atoms with Crippen LogP contribution in [0, 0.1) is 26.0 Å². The van der Waals surface area contributed by atoms with Gasteiger partial charge in [-0.15, -0.1) is 0 Å². The molecule has 1 aliphatic carbocycles. The van der Waals surface area contributed by atoms with E-state index in [4.69, 9.17) is 17.2 Å². The van der Waals surface area contributed by atoms with Crippen molar-refractivity contribution in [1.82, 2.24) is 0 Å². The summed E-state index contributed by atoms with van der Waals surface area (Å²) < 4.78 is 12.4. The van der Waals surface area contributed by atoms with Gasteiger partial charge in [0, 0.05) is 24.3 Å². The number of nitro groups is 2. The van der Waals surface area contributed by atoms with Crippen molar-refractivity contribution >= 4 is 11.4 Å². The topological polar surface area (TPSA) is 164 Å². The number of nitrogens with two attached hydrogens (primary N) is 3. The van der Waals surface area contributed by atoms with Crippen LogP contribution >= 0.6 is 0 Å². The molecule has 0 amide bonds. The van der Waals surface area contributed by atoms with Gasteiger partial charge in [0.15, 0.2) is 0 Å². The molecular weight excluding hydrogens is 309 g/mol. The van der Waals surface area contributed by atoms with Crippen LogP contribution in [-0.4, -0.2) is 21.4 Å². The summed E-state index contributed by atoms with van der Waals surface area (Å²) in [6.45, 7) is 1.72. The highest BCUT2D eigenvalue weighted by molar-refractivity contribution is 5.48. The molecule has 2 rings (SSSR count). The van der Waals surface area contributed by atoms with E-state index in [1.54, 1.807) is 13.0 Å². The number of nitrogen functional groups attached to an aromatic ring is 1. The van der Waals surface area contributed by atoms with E-state index >= 15 is 0 Å². The molecule has 124 valence electrons. The first kappa shape index (κ1) is 18.2. The Morgan fingerprint density at radius 2 is 1.87 bits per heavy atom. The first-order valence-electron chi connectivity index (χ1n) is 6.34. The molecule has 0 saturated carbocycles. The summed E-state index contributed by atoms with van der Waals surface area (Å²) in [6, 6.07) is 2.51. The zero-order valence-electron chi connectivity index (χ0n) is 12.2. The molecule has 2 unspecified atom stereocenters. The molecule has 0 heterocycles. The lowest BCUT2D eigenvalue weighted by molar-refractivity contribution is -0.419. The maximum Gasteiger partial charge on any atom is 0.271 e. The second-order valence-electron chi connectivity index (χ2n) is 5.04. The van der Waals surface area contributed by atoms with Gasteiger partial charge in [0.2, 0.25) is 0 Å². The molecule has 6 N–H and O–H groups in total. The minimum absolute atomic E-state index is 0.00502. The van der Waals surface area contributed by atoms with Crippen LogP contribution in [0.1, 0.15) is 6.92 Å². The van der Waals surface area contributed by atoms with Gasteiger partial charge in [0.25, 0.3) is 11.4 Å². The quantitative estimate of drug-likeness (QED) is 0.415. The minimum atomic E-state index is -0.681. The molecule has 0 bridgehead atoms. The average Bonchev–Trinajstić information content (AvgIpc) is 2.45. The molecular formula is C13H16FN5O4. The fourth-order valence-corrected chi connectivity index (χ4v) is 1.56. The summed E-state index contributed by atoms with van der Waals surface area (Å²) in [7, 11) is 0. The van der Waals surface area contributed by atoms with Gasteiger partial charge in [-0.25, -0.2) is 4.39 Å². The number of anilines is 1. The zero-order chi connectivity index (χ0) is 17.8. The van der Waals surface area contributed by atoms with Crippen LogP contribution in [0.2, 0.25) is 0 Å². The highest BCUT2D eigenvalue weighted by Gasteiger charge is 2.28. The molecule has 0 spiro atoms. The molecule has 23 heavy (non-hydrogen) atoms. The first-order chi connectivity index (χ1) is 10.5. The smallest absolute Gasteiger partial charge is 0.271 e. The second-order valence-corrected chi connectivity index (χ2v) is 5.04. The maximum absolute atomic E-state index is 12.4. The fourth-order valence-electron chi connectivity index (χ4n) is 1.56. The van der Waals surface area contributed by atoms with E-state index in [1.807, 2.05) is 0 Å². The Hall–Kier alpha value is -2.85. The van der Waals surface area contributed by atoms with Gasteiger partial charge < -0.3 is 17.2 Å². The van der Waals surface area contributed by atoms with Crippen LogP contribution in [0.25, 0.3) is 0 Å². The molecule has 0 aromatic heterocycles. The van der Waals surface area contributed by atoms with Crippen molar-refractivity contribution in [3.63, 3.8) is 0 Å². The Labute approximate surface area is 130 Å². The third kappa shape index (κ3) is 4.83. The molecule has 9 nitrogen and oxygen atoms in total. The zero-order valence-corrected chi connectivity index (χ0v) is 12.2. The number of non-ortho nitro benzene ring substituents is 1. The standard InChI is InChI=1S/C7H11N3O2.C6H5FN2O2/c1-7(9)3-2-5(10(11)12)4-6(7)8;7-5-2-1-4(9(10)11)3-6(5)8/h2-4,6H,8-9H2,1H3;1-3H,8H2. The van der Waals surface area contributed by atoms with Crippen molar-refractivity contribution < 1.29 is 14.2 Å². The Kier molecular flexibility index (Phi) is 5.49. The summed E-state index contributed by atoms with van der Waals surface area (Å²) in [4.78, 5) is 19.3. The van der Waals surface area contributed by atoms with Gasteiger partial charge in [-0.2, -0.15) is 0 Å². The van der Waals surface area contributed by atoms with E-state index in [9.17, 15) is 24.6 Å². The van der Waals surface area contributed by atoms with E-state index in [2.05, 4.69) is 0 Å². The van der Waals surface area contributed by atoms with Crippen LogP contribution in [0.4, 0.5) is 15.8 Å². The van der Waals surface area contributed by atoms with Crippen molar-refractivity contribution in [3.8, 4) is 0 Å². The maximum atomic E-state index is 12.4. The molecule has 0 saturated heterocycles. The highest BCUT2D eigenvalue weighted by atomic mass is 19.1.